The summed E-state index contributed by atoms with van der Waals surface area (Å²) in [6, 6.07) is 0. The Bertz CT molecular complexity index is 1940. The zero-order chi connectivity index (χ0) is 73.2. The maximum absolute atomic E-state index is 13.0. The molecule has 0 saturated heterocycles. The van der Waals surface area contributed by atoms with Crippen LogP contribution in [0.3, 0.4) is 0 Å². The van der Waals surface area contributed by atoms with E-state index in [9.17, 15) is 19.5 Å². The van der Waals surface area contributed by atoms with Crippen molar-refractivity contribution < 1.29 is 42.9 Å². The van der Waals surface area contributed by atoms with Crippen LogP contribution < -0.4 is 5.11 Å². The molecule has 0 radical (unpaired) electrons. The van der Waals surface area contributed by atoms with Crippen LogP contribution in [0.1, 0.15) is 425 Å². The molecule has 0 rings (SSSR count). The van der Waals surface area contributed by atoms with Crippen molar-refractivity contribution in [2.24, 2.45) is 0 Å². The molecule has 0 aliphatic carbocycles. The number of hydrogen-bond acceptors (Lipinski definition) is 8. The van der Waals surface area contributed by atoms with Gasteiger partial charge < -0.3 is 33.3 Å². The number of carboxylic acids is 1. The minimum atomic E-state index is -1.62. The molecule has 0 aliphatic heterocycles. The number of likely N-dealkylation sites (N-methyl/N-ethyl adjacent to an activating group) is 1. The lowest BCUT2D eigenvalue weighted by Gasteiger charge is -2.26. The minimum absolute atomic E-state index is 0.149. The number of quaternary nitrogens is 1. The van der Waals surface area contributed by atoms with Crippen LogP contribution in [0.5, 0.6) is 0 Å². The molecule has 0 aliphatic rings. The summed E-state index contributed by atoms with van der Waals surface area (Å²) < 4.78 is 22.9. The fourth-order valence-electron chi connectivity index (χ4n) is 13.0. The fraction of sp³-hybridized carbons (Fsp3) is 0.815. The number of allylic oxidation sites excluding steroid dienone is 14. The molecule has 2 unspecified atom stereocenters. The van der Waals surface area contributed by atoms with E-state index < -0.39 is 24.3 Å². The monoisotopic (exact) mass is 1410 g/mol. The number of nitrogens with zero attached hydrogens (tertiary/aromatic N) is 1. The van der Waals surface area contributed by atoms with Crippen LogP contribution >= 0.6 is 0 Å². The second kappa shape index (κ2) is 82.1. The molecule has 0 bridgehead atoms. The van der Waals surface area contributed by atoms with E-state index in [1.54, 1.807) is 0 Å². The summed E-state index contributed by atoms with van der Waals surface area (Å²) in [5.41, 5.74) is 0. The normalized spacial score (nSPS) is 13.0. The molecule has 0 aromatic rings. The molecule has 9 heteroatoms. The minimum Gasteiger partial charge on any atom is -0.545 e. The standard InChI is InChI=1S/C92H167NO8/c1-6-8-10-12-14-16-18-20-22-24-26-28-30-32-34-36-38-40-42-43-44-45-46-47-49-50-52-54-56-58-60-62-64-66-68-70-72-74-76-78-80-82-89(94)99-86-88(87-100-92(91(96)97)98-85-84-93(3,4)5)101-90(95)83-81-79-77-75-73-71-69-67-65-63-61-59-57-55-53-51-48-41-39-37-35-33-31-29-27-25-23-21-19-17-15-13-11-9-7-2/h9,11,15,17-18,20-21,23-24,26-27,29,33,35,88,92H,6-8,10,12-14,16,19,22,25,28,30-32,34,36-87H2,1-5H3/b11-9-,17-15-,20-18-,23-21-,26-24-,29-27-,35-33-. The third-order valence-corrected chi connectivity index (χ3v) is 19.6. The van der Waals surface area contributed by atoms with Crippen LogP contribution in [0.15, 0.2) is 85.1 Å². The highest BCUT2D eigenvalue weighted by Gasteiger charge is 2.22. The van der Waals surface area contributed by atoms with Gasteiger partial charge in [0.05, 0.1) is 40.3 Å². The average Bonchev–Trinajstić information content (AvgIpc) is 1.25. The average molecular weight is 1420 g/mol. The van der Waals surface area contributed by atoms with Crippen molar-refractivity contribution in [2.75, 3.05) is 47.5 Å². The van der Waals surface area contributed by atoms with E-state index in [0.717, 1.165) is 70.6 Å². The van der Waals surface area contributed by atoms with E-state index in [0.29, 0.717) is 23.9 Å². The summed E-state index contributed by atoms with van der Waals surface area (Å²) in [5.74, 6) is -2.25. The molecule has 0 amide bonds. The fourth-order valence-corrected chi connectivity index (χ4v) is 13.0. The van der Waals surface area contributed by atoms with Crippen molar-refractivity contribution in [3.63, 3.8) is 0 Å². The lowest BCUT2D eigenvalue weighted by atomic mass is 10.0. The Morgan fingerprint density at radius 3 is 0.842 bits per heavy atom. The molecular formula is C92H167NO8. The van der Waals surface area contributed by atoms with E-state index in [4.69, 9.17) is 18.9 Å². The molecule has 0 saturated carbocycles. The zero-order valence-corrected chi connectivity index (χ0v) is 67.5. The molecule has 0 fully saturated rings. The number of carboxylic acid groups (broad SMARTS) is 1. The number of esters is 2. The van der Waals surface area contributed by atoms with Crippen LogP contribution in [0.2, 0.25) is 0 Å². The molecule has 9 nitrogen and oxygen atoms in total. The van der Waals surface area contributed by atoms with Gasteiger partial charge in [-0.15, -0.1) is 0 Å². The van der Waals surface area contributed by atoms with Gasteiger partial charge in [0, 0.05) is 12.8 Å². The summed E-state index contributed by atoms with van der Waals surface area (Å²) in [5, 5.41) is 11.9. The number of ether oxygens (including phenoxy) is 4. The van der Waals surface area contributed by atoms with Gasteiger partial charge in [0.15, 0.2) is 12.4 Å². The Hall–Kier alpha value is -3.53. The van der Waals surface area contributed by atoms with Crippen molar-refractivity contribution in [1.82, 2.24) is 0 Å². The number of rotatable bonds is 82. The number of aliphatic carboxylic acids is 1. The summed E-state index contributed by atoms with van der Waals surface area (Å²) in [6.45, 7) is 4.69. The van der Waals surface area contributed by atoms with Gasteiger partial charge in [0.1, 0.15) is 13.2 Å². The quantitative estimate of drug-likeness (QED) is 0.0195. The first-order valence-corrected chi connectivity index (χ1v) is 43.7. The van der Waals surface area contributed by atoms with Gasteiger partial charge in [0.25, 0.3) is 0 Å². The number of unbranched alkanes of at least 4 members (excludes halogenated alkanes) is 53. The second-order valence-corrected chi connectivity index (χ2v) is 30.8. The van der Waals surface area contributed by atoms with Crippen molar-refractivity contribution in [2.45, 2.75) is 437 Å². The van der Waals surface area contributed by atoms with Gasteiger partial charge in [-0.2, -0.15) is 0 Å². The maximum Gasteiger partial charge on any atom is 0.306 e. The molecule has 0 spiro atoms. The first-order chi connectivity index (χ1) is 49.6. The summed E-state index contributed by atoms with van der Waals surface area (Å²) in [4.78, 5) is 37.7. The Morgan fingerprint density at radius 2 is 0.564 bits per heavy atom. The van der Waals surface area contributed by atoms with Crippen molar-refractivity contribution in [3.05, 3.63) is 85.1 Å². The Balaban J connectivity index is 3.92. The summed E-state index contributed by atoms with van der Waals surface area (Å²) in [6.07, 6.45) is 110. The van der Waals surface area contributed by atoms with E-state index in [1.807, 2.05) is 21.1 Å². The highest BCUT2D eigenvalue weighted by molar-refractivity contribution is 5.70. The molecule has 0 N–H and O–H groups in total. The van der Waals surface area contributed by atoms with Gasteiger partial charge in [-0.05, 0) is 89.9 Å². The Morgan fingerprint density at radius 1 is 0.307 bits per heavy atom. The molecule has 2 atom stereocenters. The van der Waals surface area contributed by atoms with Gasteiger partial charge in [-0.3, -0.25) is 9.59 Å². The number of carbonyl (C=O) groups is 3. The molecule has 0 aromatic heterocycles. The highest BCUT2D eigenvalue weighted by Crippen LogP contribution is 2.20. The lowest BCUT2D eigenvalue weighted by Crippen LogP contribution is -2.44. The smallest absolute Gasteiger partial charge is 0.306 e. The van der Waals surface area contributed by atoms with Crippen LogP contribution in [-0.2, 0) is 33.3 Å². The Kier molecular flexibility index (Phi) is 79.3. The van der Waals surface area contributed by atoms with E-state index in [1.165, 1.54) is 321 Å². The van der Waals surface area contributed by atoms with Crippen LogP contribution in [0, 0.1) is 0 Å². The topological polar surface area (TPSA) is 111 Å². The zero-order valence-electron chi connectivity index (χ0n) is 67.5. The van der Waals surface area contributed by atoms with Gasteiger partial charge in [-0.25, -0.2) is 0 Å². The van der Waals surface area contributed by atoms with Crippen molar-refractivity contribution in [3.8, 4) is 0 Å². The van der Waals surface area contributed by atoms with Crippen LogP contribution in [0.25, 0.3) is 0 Å². The third kappa shape index (κ3) is 83.6. The van der Waals surface area contributed by atoms with Crippen LogP contribution in [0.4, 0.5) is 0 Å². The number of carbonyl (C=O) groups excluding carboxylic acids is 3. The third-order valence-electron chi connectivity index (χ3n) is 19.6. The van der Waals surface area contributed by atoms with E-state index in [2.05, 4.69) is 98.9 Å². The first-order valence-electron chi connectivity index (χ1n) is 43.7. The first kappa shape index (κ1) is 97.5. The predicted molar refractivity (Wildman–Crippen MR) is 435 cm³/mol. The number of hydrogen-bond donors (Lipinski definition) is 0. The lowest BCUT2D eigenvalue weighted by molar-refractivity contribution is -0.870. The predicted octanol–water partition coefficient (Wildman–Crippen LogP) is 27.2. The molecule has 588 valence electrons. The summed E-state index contributed by atoms with van der Waals surface area (Å²) in [7, 11) is 5.95. The molecular weight excluding hydrogens is 1250 g/mol. The van der Waals surface area contributed by atoms with Crippen molar-refractivity contribution >= 4 is 17.9 Å². The highest BCUT2D eigenvalue weighted by atomic mass is 16.7. The van der Waals surface area contributed by atoms with E-state index in [-0.39, 0.29) is 32.2 Å². The molecule has 0 heterocycles. The maximum atomic E-state index is 13.0. The summed E-state index contributed by atoms with van der Waals surface area (Å²) >= 11 is 0. The largest absolute Gasteiger partial charge is 0.545 e. The Labute approximate surface area is 627 Å². The van der Waals surface area contributed by atoms with Crippen molar-refractivity contribution in [1.29, 1.82) is 0 Å². The van der Waals surface area contributed by atoms with Gasteiger partial charge in [0.2, 0.25) is 0 Å². The SMILES string of the molecule is CC/C=C\C/C=C\C/C=C\C/C=C\C/C=C\CCCCCCCCCCCCCCCCCCCCCC(=O)OC(COC(=O)CCCCCCCCCCCCCCCCCCCCCCCCCCCCCCC/C=C\C/C=C\CCCCCCC)COC(OCC[N+](C)(C)C)C(=O)[O-]. The second-order valence-electron chi connectivity index (χ2n) is 30.8. The van der Waals surface area contributed by atoms with E-state index >= 15 is 0 Å². The van der Waals surface area contributed by atoms with Crippen LogP contribution in [-0.4, -0.2) is 82.3 Å². The van der Waals surface area contributed by atoms with Gasteiger partial charge in [-0.1, -0.05) is 407 Å². The van der Waals surface area contributed by atoms with Gasteiger partial charge >= 0.3 is 11.9 Å². The molecule has 0 aromatic carbocycles. The molecule has 101 heavy (non-hydrogen) atoms.